The molecule has 1 rings (SSSR count). The average Bonchev–Trinajstić information content (AvgIpc) is 2.36. The summed E-state index contributed by atoms with van der Waals surface area (Å²) in [5.41, 5.74) is 2.41. The van der Waals surface area contributed by atoms with Gasteiger partial charge in [0, 0.05) is 13.6 Å². The van der Waals surface area contributed by atoms with E-state index < -0.39 is 0 Å². The number of rotatable bonds is 7. The van der Waals surface area contributed by atoms with Gasteiger partial charge in [0.2, 0.25) is 11.9 Å². The quantitative estimate of drug-likeness (QED) is 0.538. The molecule has 0 aliphatic heterocycles. The highest BCUT2D eigenvalue weighted by Gasteiger charge is 2.09. The van der Waals surface area contributed by atoms with E-state index >= 15 is 0 Å². The summed E-state index contributed by atoms with van der Waals surface area (Å²) in [4.78, 5) is 14.3. The zero-order chi connectivity index (χ0) is 12.7. The van der Waals surface area contributed by atoms with Gasteiger partial charge in [-0.25, -0.2) is 5.84 Å². The minimum Gasteiger partial charge on any atom is -0.463 e. The van der Waals surface area contributed by atoms with Crippen molar-refractivity contribution in [2.45, 2.75) is 26.7 Å². The molecule has 7 nitrogen and oxygen atoms in total. The highest BCUT2D eigenvalue weighted by atomic mass is 16.5. The maximum Gasteiger partial charge on any atom is 0.323 e. The van der Waals surface area contributed by atoms with Crippen LogP contribution in [0.25, 0.3) is 0 Å². The van der Waals surface area contributed by atoms with Gasteiger partial charge in [-0.3, -0.25) is 5.43 Å². The number of hydrogen-bond donors (Lipinski definition) is 2. The van der Waals surface area contributed by atoms with E-state index in [1.54, 1.807) is 0 Å². The second kappa shape index (κ2) is 6.85. The highest BCUT2D eigenvalue weighted by Crippen LogP contribution is 2.13. The van der Waals surface area contributed by atoms with E-state index in [-0.39, 0.29) is 0 Å². The molecule has 0 saturated carbocycles. The normalized spacial score (nSPS) is 10.1. The maximum atomic E-state index is 5.38. The summed E-state index contributed by atoms with van der Waals surface area (Å²) >= 11 is 0. The van der Waals surface area contributed by atoms with Crippen molar-refractivity contribution in [2.75, 3.05) is 30.5 Å². The number of nitrogens with one attached hydrogen (secondary N) is 1. The molecule has 0 spiro atoms. The van der Waals surface area contributed by atoms with Gasteiger partial charge in [-0.15, -0.1) is 0 Å². The first-order valence-corrected chi connectivity index (χ1v) is 5.77. The summed E-state index contributed by atoms with van der Waals surface area (Å²) < 4.78 is 5.38. The molecule has 0 aromatic carbocycles. The number of nitrogens with two attached hydrogens (primary N) is 1. The molecule has 17 heavy (non-hydrogen) atoms. The number of ether oxygens (including phenoxy) is 1. The molecule has 0 aliphatic carbocycles. The number of nitrogen functional groups attached to an aromatic ring is 1. The Balaban J connectivity index is 2.88. The molecule has 0 fully saturated rings. The molecule has 1 aromatic heterocycles. The van der Waals surface area contributed by atoms with Crippen molar-refractivity contribution in [1.82, 2.24) is 15.0 Å². The second-order valence-corrected chi connectivity index (χ2v) is 3.66. The predicted molar refractivity (Wildman–Crippen MR) is 67.0 cm³/mol. The number of hydrogen-bond acceptors (Lipinski definition) is 7. The van der Waals surface area contributed by atoms with Crippen molar-refractivity contribution in [3.63, 3.8) is 0 Å². The summed E-state index contributed by atoms with van der Waals surface area (Å²) in [6.45, 7) is 5.55. The zero-order valence-electron chi connectivity index (χ0n) is 10.6. The van der Waals surface area contributed by atoms with E-state index in [0.717, 1.165) is 19.4 Å². The molecule has 1 aromatic rings. The Kier molecular flexibility index (Phi) is 5.41. The third kappa shape index (κ3) is 4.03. The molecule has 0 radical (unpaired) electrons. The Morgan fingerprint density at radius 3 is 2.59 bits per heavy atom. The molecule has 96 valence electrons. The standard InChI is InChI=1S/C10H20N6O/c1-4-6-16(3)9-12-8(15-11)13-10(14-9)17-7-5-2/h4-7,11H2,1-3H3,(H,12,13,14,15). The van der Waals surface area contributed by atoms with Crippen LogP contribution in [-0.2, 0) is 0 Å². The zero-order valence-corrected chi connectivity index (χ0v) is 10.6. The number of nitrogens with zero attached hydrogens (tertiary/aromatic N) is 4. The molecule has 0 aliphatic rings. The lowest BCUT2D eigenvalue weighted by molar-refractivity contribution is 0.292. The van der Waals surface area contributed by atoms with Crippen molar-refractivity contribution >= 4 is 11.9 Å². The summed E-state index contributed by atoms with van der Waals surface area (Å²) in [6.07, 6.45) is 1.91. The SMILES string of the molecule is CCCOc1nc(NN)nc(N(C)CCC)n1. The van der Waals surface area contributed by atoms with Crippen LogP contribution in [-0.4, -0.2) is 35.2 Å². The molecule has 3 N–H and O–H groups in total. The van der Waals surface area contributed by atoms with Gasteiger partial charge in [0.05, 0.1) is 6.61 Å². The van der Waals surface area contributed by atoms with Gasteiger partial charge in [-0.05, 0) is 12.8 Å². The molecule has 0 bridgehead atoms. The van der Waals surface area contributed by atoms with Gasteiger partial charge >= 0.3 is 6.01 Å². The summed E-state index contributed by atoms with van der Waals surface area (Å²) in [5, 5.41) is 0. The Morgan fingerprint density at radius 1 is 1.24 bits per heavy atom. The van der Waals surface area contributed by atoms with E-state index in [2.05, 4.69) is 27.3 Å². The summed E-state index contributed by atoms with van der Waals surface area (Å²) in [5.74, 6) is 6.18. The van der Waals surface area contributed by atoms with Crippen LogP contribution < -0.4 is 20.9 Å². The van der Waals surface area contributed by atoms with Gasteiger partial charge in [0.25, 0.3) is 0 Å². The minimum absolute atomic E-state index is 0.299. The smallest absolute Gasteiger partial charge is 0.323 e. The van der Waals surface area contributed by atoms with Crippen molar-refractivity contribution in [3.05, 3.63) is 0 Å². The van der Waals surface area contributed by atoms with Gasteiger partial charge < -0.3 is 9.64 Å². The maximum absolute atomic E-state index is 5.38. The fraction of sp³-hybridized carbons (Fsp3) is 0.700. The van der Waals surface area contributed by atoms with Crippen molar-refractivity contribution in [2.24, 2.45) is 5.84 Å². The topological polar surface area (TPSA) is 89.2 Å². The lowest BCUT2D eigenvalue weighted by Gasteiger charge is -2.16. The first-order chi connectivity index (χ1) is 8.21. The van der Waals surface area contributed by atoms with Gasteiger partial charge in [0.15, 0.2) is 0 Å². The largest absolute Gasteiger partial charge is 0.463 e. The highest BCUT2D eigenvalue weighted by molar-refractivity contribution is 5.36. The van der Waals surface area contributed by atoms with Crippen molar-refractivity contribution in [1.29, 1.82) is 0 Å². The van der Waals surface area contributed by atoms with Gasteiger partial charge in [0.1, 0.15) is 0 Å². The third-order valence-corrected chi connectivity index (χ3v) is 2.07. The molecule has 0 amide bonds. The first-order valence-electron chi connectivity index (χ1n) is 5.77. The molecular weight excluding hydrogens is 220 g/mol. The Labute approximate surface area is 101 Å². The fourth-order valence-electron chi connectivity index (χ4n) is 1.27. The lowest BCUT2D eigenvalue weighted by Crippen LogP contribution is -2.22. The van der Waals surface area contributed by atoms with Crippen molar-refractivity contribution < 1.29 is 4.74 Å². The fourth-order valence-corrected chi connectivity index (χ4v) is 1.27. The van der Waals surface area contributed by atoms with E-state index in [0.29, 0.717) is 24.5 Å². The average molecular weight is 240 g/mol. The Hall–Kier alpha value is -1.63. The van der Waals surface area contributed by atoms with E-state index in [4.69, 9.17) is 10.6 Å². The minimum atomic E-state index is 0.299. The van der Waals surface area contributed by atoms with Crippen LogP contribution in [0, 0.1) is 0 Å². The lowest BCUT2D eigenvalue weighted by atomic mass is 10.4. The number of anilines is 2. The van der Waals surface area contributed by atoms with Crippen LogP contribution in [0.1, 0.15) is 26.7 Å². The van der Waals surface area contributed by atoms with Gasteiger partial charge in [-0.2, -0.15) is 15.0 Å². The van der Waals surface area contributed by atoms with E-state index in [9.17, 15) is 0 Å². The molecule has 1 heterocycles. The second-order valence-electron chi connectivity index (χ2n) is 3.66. The van der Waals surface area contributed by atoms with Crippen LogP contribution in [0.5, 0.6) is 6.01 Å². The molecule has 0 saturated heterocycles. The van der Waals surface area contributed by atoms with Crippen LogP contribution in [0.2, 0.25) is 0 Å². The Morgan fingerprint density at radius 2 is 2.00 bits per heavy atom. The van der Waals surface area contributed by atoms with Gasteiger partial charge in [-0.1, -0.05) is 13.8 Å². The molecule has 0 unspecified atom stereocenters. The van der Waals surface area contributed by atoms with Crippen LogP contribution >= 0.6 is 0 Å². The molecule has 7 heteroatoms. The third-order valence-electron chi connectivity index (χ3n) is 2.07. The van der Waals surface area contributed by atoms with E-state index in [1.807, 2.05) is 18.9 Å². The van der Waals surface area contributed by atoms with Crippen LogP contribution in [0.4, 0.5) is 11.9 Å². The van der Waals surface area contributed by atoms with E-state index in [1.165, 1.54) is 0 Å². The van der Waals surface area contributed by atoms with Crippen molar-refractivity contribution in [3.8, 4) is 6.01 Å². The molecule has 0 atom stereocenters. The first kappa shape index (κ1) is 13.4. The summed E-state index contributed by atoms with van der Waals surface area (Å²) in [7, 11) is 1.92. The number of aromatic nitrogens is 3. The predicted octanol–water partition coefficient (Wildman–Crippen LogP) is 0.792. The Bertz CT molecular complexity index is 346. The van der Waals surface area contributed by atoms with Crippen LogP contribution in [0.3, 0.4) is 0 Å². The summed E-state index contributed by atoms with van der Waals surface area (Å²) in [6, 6.07) is 0.299. The molecular formula is C10H20N6O. The number of hydrazine groups is 1. The monoisotopic (exact) mass is 240 g/mol. The van der Waals surface area contributed by atoms with Crippen LogP contribution in [0.15, 0.2) is 0 Å².